The first-order valence-electron chi connectivity index (χ1n) is 8.12. The maximum Gasteiger partial charge on any atom is 0.119 e. The average Bonchev–Trinajstić information content (AvgIpc) is 3.01. The summed E-state index contributed by atoms with van der Waals surface area (Å²) in [6.45, 7) is 8.13. The van der Waals surface area contributed by atoms with Crippen LogP contribution in [0.25, 0.3) is 0 Å². The van der Waals surface area contributed by atoms with E-state index in [1.807, 2.05) is 18.7 Å². The number of aryl methyl sites for hydroxylation is 1. The van der Waals surface area contributed by atoms with Gasteiger partial charge in [-0.2, -0.15) is 0 Å². The Bertz CT molecular complexity index is 506. The Balaban J connectivity index is 1.59. The molecule has 4 nitrogen and oxygen atoms in total. The van der Waals surface area contributed by atoms with Crippen LogP contribution in [0.5, 0.6) is 5.75 Å². The fourth-order valence-corrected chi connectivity index (χ4v) is 2.15. The summed E-state index contributed by atoms with van der Waals surface area (Å²) in [5.41, 5.74) is 1.29. The van der Waals surface area contributed by atoms with Crippen molar-refractivity contribution in [2.24, 2.45) is 5.92 Å². The first kappa shape index (κ1) is 16.6. The number of rotatable bonds is 10. The molecule has 22 heavy (non-hydrogen) atoms. The van der Waals surface area contributed by atoms with Crippen molar-refractivity contribution in [3.05, 3.63) is 48.5 Å². The molecule has 0 aliphatic heterocycles. The fourth-order valence-electron chi connectivity index (χ4n) is 2.15. The van der Waals surface area contributed by atoms with Crippen molar-refractivity contribution in [1.29, 1.82) is 0 Å². The molecule has 0 saturated heterocycles. The van der Waals surface area contributed by atoms with Crippen LogP contribution < -0.4 is 10.1 Å². The second-order valence-corrected chi connectivity index (χ2v) is 6.01. The van der Waals surface area contributed by atoms with E-state index in [1.54, 1.807) is 0 Å². The topological polar surface area (TPSA) is 39.1 Å². The van der Waals surface area contributed by atoms with Crippen LogP contribution in [0, 0.1) is 5.92 Å². The smallest absolute Gasteiger partial charge is 0.119 e. The van der Waals surface area contributed by atoms with E-state index in [4.69, 9.17) is 4.74 Å². The summed E-state index contributed by atoms with van der Waals surface area (Å²) >= 11 is 0. The molecule has 120 valence electrons. The molecule has 1 aromatic heterocycles. The third-order valence-corrected chi connectivity index (χ3v) is 3.55. The van der Waals surface area contributed by atoms with Crippen LogP contribution in [0.4, 0.5) is 0 Å². The molecular weight excluding hydrogens is 274 g/mol. The third-order valence-electron chi connectivity index (χ3n) is 3.55. The highest BCUT2D eigenvalue weighted by atomic mass is 16.5. The molecule has 0 atom stereocenters. The van der Waals surface area contributed by atoms with Gasteiger partial charge in [-0.25, -0.2) is 4.98 Å². The molecule has 1 aromatic carbocycles. The summed E-state index contributed by atoms with van der Waals surface area (Å²) in [5.74, 6) is 1.65. The van der Waals surface area contributed by atoms with Crippen molar-refractivity contribution in [1.82, 2.24) is 14.9 Å². The molecule has 0 aliphatic carbocycles. The van der Waals surface area contributed by atoms with Crippen molar-refractivity contribution >= 4 is 0 Å². The largest absolute Gasteiger partial charge is 0.494 e. The lowest BCUT2D eigenvalue weighted by Gasteiger charge is -2.09. The van der Waals surface area contributed by atoms with Gasteiger partial charge in [0, 0.05) is 25.5 Å². The van der Waals surface area contributed by atoms with Gasteiger partial charge < -0.3 is 14.6 Å². The number of nitrogens with zero attached hydrogens (tertiary/aromatic N) is 2. The molecule has 0 fully saturated rings. The lowest BCUT2D eigenvalue weighted by molar-refractivity contribution is 0.289. The van der Waals surface area contributed by atoms with Crippen LogP contribution in [0.1, 0.15) is 32.3 Å². The van der Waals surface area contributed by atoms with Crippen LogP contribution >= 0.6 is 0 Å². The van der Waals surface area contributed by atoms with Gasteiger partial charge >= 0.3 is 0 Å². The Morgan fingerprint density at radius 1 is 1.23 bits per heavy atom. The second kappa shape index (κ2) is 9.26. The van der Waals surface area contributed by atoms with Crippen LogP contribution in [0.15, 0.2) is 43.0 Å². The summed E-state index contributed by atoms with van der Waals surface area (Å²) < 4.78 is 7.83. The van der Waals surface area contributed by atoms with Crippen molar-refractivity contribution in [3.63, 3.8) is 0 Å². The lowest BCUT2D eigenvalue weighted by Crippen LogP contribution is -2.16. The standard InChI is InChI=1S/C18H27N3O/c1-16(2)8-13-22-18-6-4-17(5-7-18)14-19-9-3-11-21-12-10-20-15-21/h4-7,10,12,15-16,19H,3,8-9,11,13-14H2,1-2H3. The molecule has 1 heterocycles. The molecule has 1 N–H and O–H groups in total. The number of benzene rings is 1. The minimum absolute atomic E-state index is 0.686. The molecule has 2 rings (SSSR count). The third kappa shape index (κ3) is 6.31. The number of hydrogen-bond acceptors (Lipinski definition) is 3. The van der Waals surface area contributed by atoms with Gasteiger partial charge in [-0.3, -0.25) is 0 Å². The zero-order chi connectivity index (χ0) is 15.6. The van der Waals surface area contributed by atoms with Crippen LogP contribution in [-0.4, -0.2) is 22.7 Å². The van der Waals surface area contributed by atoms with E-state index >= 15 is 0 Å². The highest BCUT2D eigenvalue weighted by Crippen LogP contribution is 2.13. The highest BCUT2D eigenvalue weighted by Gasteiger charge is 1.98. The zero-order valence-electron chi connectivity index (χ0n) is 13.7. The molecular formula is C18H27N3O. The predicted molar refractivity (Wildman–Crippen MR) is 89.9 cm³/mol. The molecule has 0 saturated carbocycles. The van der Waals surface area contributed by atoms with Gasteiger partial charge in [0.2, 0.25) is 0 Å². The fraction of sp³-hybridized carbons (Fsp3) is 0.500. The normalized spacial score (nSPS) is 11.0. The number of nitrogens with one attached hydrogen (secondary N) is 1. The van der Waals surface area contributed by atoms with E-state index in [1.165, 1.54) is 5.56 Å². The molecule has 0 amide bonds. The summed E-state index contributed by atoms with van der Waals surface area (Å²) in [5, 5.41) is 3.47. The minimum atomic E-state index is 0.686. The van der Waals surface area contributed by atoms with Crippen LogP contribution in [0.2, 0.25) is 0 Å². The number of ether oxygens (including phenoxy) is 1. The van der Waals surface area contributed by atoms with Crippen molar-refractivity contribution in [2.75, 3.05) is 13.2 Å². The maximum atomic E-state index is 5.73. The Morgan fingerprint density at radius 3 is 2.73 bits per heavy atom. The summed E-state index contributed by atoms with van der Waals surface area (Å²) in [7, 11) is 0. The minimum Gasteiger partial charge on any atom is -0.494 e. The average molecular weight is 301 g/mol. The number of hydrogen-bond donors (Lipinski definition) is 1. The summed E-state index contributed by atoms with van der Waals surface area (Å²) in [6, 6.07) is 8.38. The molecule has 0 spiro atoms. The van der Waals surface area contributed by atoms with Gasteiger partial charge in [0.05, 0.1) is 12.9 Å². The van der Waals surface area contributed by atoms with Crippen molar-refractivity contribution in [3.8, 4) is 5.75 Å². The molecule has 4 heteroatoms. The summed E-state index contributed by atoms with van der Waals surface area (Å²) in [4.78, 5) is 4.04. The molecule has 0 bridgehead atoms. The highest BCUT2D eigenvalue weighted by molar-refractivity contribution is 5.27. The summed E-state index contributed by atoms with van der Waals surface area (Å²) in [6.07, 6.45) is 7.88. The van der Waals surface area contributed by atoms with E-state index in [9.17, 15) is 0 Å². The van der Waals surface area contributed by atoms with E-state index in [2.05, 4.69) is 53.0 Å². The quantitative estimate of drug-likeness (QED) is 0.683. The Labute approximate surface area is 133 Å². The van der Waals surface area contributed by atoms with E-state index in [0.29, 0.717) is 5.92 Å². The Kier molecular flexibility index (Phi) is 6.97. The maximum absolute atomic E-state index is 5.73. The van der Waals surface area contributed by atoms with E-state index in [0.717, 1.165) is 44.8 Å². The van der Waals surface area contributed by atoms with Crippen molar-refractivity contribution in [2.45, 2.75) is 39.8 Å². The zero-order valence-corrected chi connectivity index (χ0v) is 13.7. The molecule has 0 aliphatic rings. The molecule has 0 unspecified atom stereocenters. The first-order valence-corrected chi connectivity index (χ1v) is 8.12. The van der Waals surface area contributed by atoms with Gasteiger partial charge in [-0.1, -0.05) is 26.0 Å². The SMILES string of the molecule is CC(C)CCOc1ccc(CNCCCn2ccnc2)cc1. The van der Waals surface area contributed by atoms with Gasteiger partial charge in [-0.05, 0) is 43.0 Å². The second-order valence-electron chi connectivity index (χ2n) is 6.01. The molecule has 0 radical (unpaired) electrons. The van der Waals surface area contributed by atoms with Gasteiger partial charge in [0.25, 0.3) is 0 Å². The number of imidazole rings is 1. The van der Waals surface area contributed by atoms with E-state index in [-0.39, 0.29) is 0 Å². The number of aromatic nitrogens is 2. The van der Waals surface area contributed by atoms with E-state index < -0.39 is 0 Å². The Morgan fingerprint density at radius 2 is 2.05 bits per heavy atom. The Hall–Kier alpha value is -1.81. The lowest BCUT2D eigenvalue weighted by atomic mass is 10.1. The van der Waals surface area contributed by atoms with Crippen LogP contribution in [0.3, 0.4) is 0 Å². The van der Waals surface area contributed by atoms with Crippen molar-refractivity contribution < 1.29 is 4.74 Å². The molecule has 2 aromatic rings. The van der Waals surface area contributed by atoms with Gasteiger partial charge in [0.1, 0.15) is 5.75 Å². The monoisotopic (exact) mass is 301 g/mol. The van der Waals surface area contributed by atoms with Gasteiger partial charge in [0.15, 0.2) is 0 Å². The van der Waals surface area contributed by atoms with Crippen LogP contribution in [-0.2, 0) is 13.1 Å². The predicted octanol–water partition coefficient (Wildman–Crippen LogP) is 3.49. The van der Waals surface area contributed by atoms with Gasteiger partial charge in [-0.15, -0.1) is 0 Å². The first-order chi connectivity index (χ1) is 10.7.